The number of benzene rings is 1. The third-order valence-corrected chi connectivity index (χ3v) is 4.58. The SMILES string of the molecule is O=C(NC1(C(=O)O)CCc2ccccc2C1)c1cccc(Br)n1. The Morgan fingerprint density at radius 1 is 1.13 bits per heavy atom. The van der Waals surface area contributed by atoms with Crippen molar-refractivity contribution in [2.45, 2.75) is 24.8 Å². The molecular weight excluding hydrogens is 360 g/mol. The number of rotatable bonds is 3. The summed E-state index contributed by atoms with van der Waals surface area (Å²) in [5, 5.41) is 12.4. The summed E-state index contributed by atoms with van der Waals surface area (Å²) in [6.45, 7) is 0. The van der Waals surface area contributed by atoms with Gasteiger partial charge in [-0.2, -0.15) is 0 Å². The maximum Gasteiger partial charge on any atom is 0.329 e. The van der Waals surface area contributed by atoms with Gasteiger partial charge in [0.2, 0.25) is 0 Å². The van der Waals surface area contributed by atoms with Gasteiger partial charge in [0.25, 0.3) is 5.91 Å². The molecular formula is C17H15BrN2O3. The van der Waals surface area contributed by atoms with E-state index in [1.165, 1.54) is 0 Å². The van der Waals surface area contributed by atoms with Crippen LogP contribution in [0.3, 0.4) is 0 Å². The molecule has 5 nitrogen and oxygen atoms in total. The third kappa shape index (κ3) is 3.12. The first-order chi connectivity index (χ1) is 11.0. The van der Waals surface area contributed by atoms with Crippen LogP contribution in [-0.2, 0) is 17.6 Å². The molecule has 2 N–H and O–H groups in total. The van der Waals surface area contributed by atoms with Crippen LogP contribution < -0.4 is 5.32 Å². The minimum atomic E-state index is -1.30. The second kappa shape index (κ2) is 6.12. The van der Waals surface area contributed by atoms with Gasteiger partial charge in [-0.15, -0.1) is 0 Å². The Labute approximate surface area is 141 Å². The maximum absolute atomic E-state index is 12.4. The Morgan fingerprint density at radius 2 is 1.87 bits per heavy atom. The van der Waals surface area contributed by atoms with E-state index in [2.05, 4.69) is 26.2 Å². The monoisotopic (exact) mass is 374 g/mol. The minimum absolute atomic E-state index is 0.193. The lowest BCUT2D eigenvalue weighted by Crippen LogP contribution is -2.57. The smallest absolute Gasteiger partial charge is 0.329 e. The lowest BCUT2D eigenvalue weighted by Gasteiger charge is -2.35. The molecule has 3 rings (SSSR count). The second-order valence-electron chi connectivity index (χ2n) is 5.63. The first-order valence-electron chi connectivity index (χ1n) is 7.25. The molecule has 0 aliphatic heterocycles. The second-order valence-corrected chi connectivity index (χ2v) is 6.44. The molecule has 23 heavy (non-hydrogen) atoms. The van der Waals surface area contributed by atoms with Gasteiger partial charge in [-0.05, 0) is 52.0 Å². The number of carbonyl (C=O) groups is 2. The van der Waals surface area contributed by atoms with E-state index in [1.54, 1.807) is 18.2 Å². The van der Waals surface area contributed by atoms with E-state index in [1.807, 2.05) is 24.3 Å². The molecule has 0 bridgehead atoms. The molecule has 1 aliphatic rings. The Balaban J connectivity index is 1.89. The van der Waals surface area contributed by atoms with Crippen LogP contribution in [-0.4, -0.2) is 27.5 Å². The average molecular weight is 375 g/mol. The molecule has 0 saturated carbocycles. The lowest BCUT2D eigenvalue weighted by atomic mass is 9.78. The first-order valence-corrected chi connectivity index (χ1v) is 8.05. The summed E-state index contributed by atoms with van der Waals surface area (Å²) in [7, 11) is 0. The summed E-state index contributed by atoms with van der Waals surface area (Å²) in [4.78, 5) is 28.4. The van der Waals surface area contributed by atoms with Crippen LogP contribution in [0.2, 0.25) is 0 Å². The van der Waals surface area contributed by atoms with E-state index in [4.69, 9.17) is 0 Å². The molecule has 1 aliphatic carbocycles. The summed E-state index contributed by atoms with van der Waals surface area (Å²) in [5.41, 5.74) is 0.997. The Hall–Kier alpha value is -2.21. The van der Waals surface area contributed by atoms with Crippen molar-refractivity contribution >= 4 is 27.8 Å². The van der Waals surface area contributed by atoms with E-state index >= 15 is 0 Å². The van der Waals surface area contributed by atoms with Crippen molar-refractivity contribution in [1.82, 2.24) is 10.3 Å². The van der Waals surface area contributed by atoms with Gasteiger partial charge < -0.3 is 10.4 Å². The highest BCUT2D eigenvalue weighted by Crippen LogP contribution is 2.29. The van der Waals surface area contributed by atoms with E-state index in [9.17, 15) is 14.7 Å². The van der Waals surface area contributed by atoms with Crippen LogP contribution in [0.15, 0.2) is 47.1 Å². The van der Waals surface area contributed by atoms with Crippen LogP contribution >= 0.6 is 15.9 Å². The van der Waals surface area contributed by atoms with Gasteiger partial charge in [-0.1, -0.05) is 30.3 Å². The van der Waals surface area contributed by atoms with Crippen molar-refractivity contribution in [3.05, 3.63) is 63.9 Å². The van der Waals surface area contributed by atoms with Crippen molar-refractivity contribution in [3.8, 4) is 0 Å². The molecule has 0 fully saturated rings. The number of amides is 1. The zero-order valence-electron chi connectivity index (χ0n) is 12.3. The molecule has 1 heterocycles. The van der Waals surface area contributed by atoms with Gasteiger partial charge in [0, 0.05) is 6.42 Å². The Bertz CT molecular complexity index is 778. The van der Waals surface area contributed by atoms with Crippen molar-refractivity contribution in [3.63, 3.8) is 0 Å². The zero-order valence-corrected chi connectivity index (χ0v) is 13.8. The number of nitrogens with one attached hydrogen (secondary N) is 1. The number of aryl methyl sites for hydroxylation is 1. The summed E-state index contributed by atoms with van der Waals surface area (Å²) in [6.07, 6.45) is 1.26. The van der Waals surface area contributed by atoms with Crippen molar-refractivity contribution in [1.29, 1.82) is 0 Å². The molecule has 1 unspecified atom stereocenters. The number of hydrogen-bond acceptors (Lipinski definition) is 3. The fourth-order valence-electron chi connectivity index (χ4n) is 2.89. The Kier molecular flexibility index (Phi) is 4.17. The minimum Gasteiger partial charge on any atom is -0.479 e. The molecule has 1 amide bonds. The fourth-order valence-corrected chi connectivity index (χ4v) is 3.24. The molecule has 1 aromatic heterocycles. The summed E-state index contributed by atoms with van der Waals surface area (Å²) >= 11 is 3.21. The highest BCUT2D eigenvalue weighted by Gasteiger charge is 2.43. The van der Waals surface area contributed by atoms with Crippen LogP contribution in [0.25, 0.3) is 0 Å². The third-order valence-electron chi connectivity index (χ3n) is 4.14. The number of halogens is 1. The van der Waals surface area contributed by atoms with Crippen LogP contribution in [0.5, 0.6) is 0 Å². The van der Waals surface area contributed by atoms with Crippen LogP contribution in [0, 0.1) is 0 Å². The van der Waals surface area contributed by atoms with Crippen molar-refractivity contribution in [2.24, 2.45) is 0 Å². The fraction of sp³-hybridized carbons (Fsp3) is 0.235. The number of aliphatic carboxylic acids is 1. The van der Waals surface area contributed by atoms with Gasteiger partial charge in [-0.3, -0.25) is 4.79 Å². The van der Waals surface area contributed by atoms with Crippen molar-refractivity contribution in [2.75, 3.05) is 0 Å². The van der Waals surface area contributed by atoms with Gasteiger partial charge in [0.1, 0.15) is 15.8 Å². The number of pyridine rings is 1. The predicted octanol–water partition coefficient (Wildman–Crippen LogP) is 2.59. The number of aromatic nitrogens is 1. The number of carboxylic acids is 1. The number of hydrogen-bond donors (Lipinski definition) is 2. The van der Waals surface area contributed by atoms with Gasteiger partial charge in [0.15, 0.2) is 0 Å². The highest BCUT2D eigenvalue weighted by molar-refractivity contribution is 9.10. The topological polar surface area (TPSA) is 79.3 Å². The number of carboxylic acid groups (broad SMARTS) is 1. The summed E-state index contributed by atoms with van der Waals surface area (Å²) < 4.78 is 0.531. The highest BCUT2D eigenvalue weighted by atomic mass is 79.9. The van der Waals surface area contributed by atoms with Crippen LogP contribution in [0.1, 0.15) is 28.0 Å². The zero-order chi connectivity index (χ0) is 16.4. The maximum atomic E-state index is 12.4. The molecule has 1 atom stereocenters. The standard InChI is InChI=1S/C17H15BrN2O3/c18-14-7-3-6-13(19-14)15(21)20-17(16(22)23)9-8-11-4-1-2-5-12(11)10-17/h1-7H,8-10H2,(H,20,21)(H,22,23). The van der Waals surface area contributed by atoms with Gasteiger partial charge in [0.05, 0.1) is 0 Å². The molecule has 1 aromatic carbocycles. The largest absolute Gasteiger partial charge is 0.479 e. The number of fused-ring (bicyclic) bond motifs is 1. The quantitative estimate of drug-likeness (QED) is 0.809. The van der Waals surface area contributed by atoms with Crippen molar-refractivity contribution < 1.29 is 14.7 Å². The summed E-state index contributed by atoms with van der Waals surface area (Å²) in [6, 6.07) is 12.7. The summed E-state index contributed by atoms with van der Waals surface area (Å²) in [5.74, 6) is -1.50. The average Bonchev–Trinajstić information content (AvgIpc) is 2.54. The van der Waals surface area contributed by atoms with E-state index < -0.39 is 17.4 Å². The van der Waals surface area contributed by atoms with Gasteiger partial charge in [-0.25, -0.2) is 9.78 Å². The molecule has 6 heteroatoms. The molecule has 0 radical (unpaired) electrons. The molecule has 118 valence electrons. The molecule has 2 aromatic rings. The Morgan fingerprint density at radius 3 is 2.57 bits per heavy atom. The predicted molar refractivity (Wildman–Crippen MR) is 88.2 cm³/mol. The first kappa shape index (κ1) is 15.7. The lowest BCUT2D eigenvalue weighted by molar-refractivity contribution is -0.145. The normalized spacial score (nSPS) is 19.7. The van der Waals surface area contributed by atoms with Gasteiger partial charge >= 0.3 is 5.97 Å². The number of nitrogens with zero attached hydrogens (tertiary/aromatic N) is 1. The molecule has 0 spiro atoms. The van der Waals surface area contributed by atoms with E-state index in [0.29, 0.717) is 17.4 Å². The number of carbonyl (C=O) groups excluding carboxylic acids is 1. The van der Waals surface area contributed by atoms with Crippen LogP contribution in [0.4, 0.5) is 0 Å². The van der Waals surface area contributed by atoms with E-state index in [0.717, 1.165) is 11.1 Å². The molecule has 0 saturated heterocycles. The van der Waals surface area contributed by atoms with E-state index in [-0.39, 0.29) is 12.1 Å².